The zero-order chi connectivity index (χ0) is 35.0. The van der Waals surface area contributed by atoms with Crippen molar-refractivity contribution in [2.75, 3.05) is 0 Å². The zero-order valence-corrected chi connectivity index (χ0v) is 23.3. The van der Waals surface area contributed by atoms with Gasteiger partial charge in [0.15, 0.2) is 0 Å². The first-order valence-corrected chi connectivity index (χ1v) is 14.9. The van der Waals surface area contributed by atoms with Crippen LogP contribution in [-0.4, -0.2) is 18.7 Å². The topological polar surface area (TPSA) is 27.7 Å². The minimum absolute atomic E-state index is 0.0651. The number of nitrogens with zero attached hydrogens (tertiary/aromatic N) is 4. The molecule has 0 fully saturated rings. The van der Waals surface area contributed by atoms with Crippen LogP contribution in [0.4, 0.5) is 0 Å². The predicted molar refractivity (Wildman–Crippen MR) is 179 cm³/mol. The zero-order valence-electron chi connectivity index (χ0n) is 30.5. The third-order valence-corrected chi connectivity index (χ3v) is 9.42. The minimum atomic E-state index is -0.458. The van der Waals surface area contributed by atoms with Crippen LogP contribution in [0.1, 0.15) is 16.8 Å². The van der Waals surface area contributed by atoms with Crippen LogP contribution in [0.3, 0.4) is 0 Å². The standard InChI is InChI=1S/C38H24N4S/c1-5-13-31-26(9-1)27-10-2-6-14-32(27)40(31)24-17-19-35-30(21-24)39-38-23-43-37-22-25(18-20-36(37)42(35)38)41-33-15-7-3-11-28(33)29-12-4-8-16-34(29)41/h1-22H,23H2/i3D,4D,7D,8D,11D,12D,15D,16D. The van der Waals surface area contributed by atoms with E-state index in [9.17, 15) is 0 Å². The Morgan fingerprint density at radius 3 is 1.88 bits per heavy atom. The Balaban J connectivity index is 1.18. The van der Waals surface area contributed by atoms with Crippen molar-refractivity contribution in [3.63, 3.8) is 0 Å². The summed E-state index contributed by atoms with van der Waals surface area (Å²) in [6.07, 6.45) is 0. The van der Waals surface area contributed by atoms with Crippen molar-refractivity contribution < 1.29 is 11.0 Å². The fourth-order valence-corrected chi connectivity index (χ4v) is 7.58. The predicted octanol–water partition coefficient (Wildman–Crippen LogP) is 9.83. The Bertz CT molecular complexity index is 2900. The summed E-state index contributed by atoms with van der Waals surface area (Å²) in [6, 6.07) is 25.7. The summed E-state index contributed by atoms with van der Waals surface area (Å²) in [4.78, 5) is 5.98. The molecule has 0 aliphatic carbocycles. The van der Waals surface area contributed by atoms with Crippen LogP contribution in [0.15, 0.2) is 138 Å². The first-order valence-electron chi connectivity index (χ1n) is 17.9. The third kappa shape index (κ3) is 3.20. The molecule has 0 bridgehead atoms. The molecule has 0 unspecified atom stereocenters. The first-order chi connectivity index (χ1) is 24.7. The Morgan fingerprint density at radius 1 is 0.558 bits per heavy atom. The normalized spacial score (nSPS) is 15.5. The average Bonchev–Trinajstić information content (AvgIpc) is 3.82. The lowest BCUT2D eigenvalue weighted by molar-refractivity contribution is 0.941. The molecule has 0 saturated heterocycles. The monoisotopic (exact) mass is 576 g/mol. The summed E-state index contributed by atoms with van der Waals surface area (Å²) < 4.78 is 74.7. The minimum Gasteiger partial charge on any atom is -0.309 e. The molecule has 0 radical (unpaired) electrons. The van der Waals surface area contributed by atoms with Crippen molar-refractivity contribution in [2.45, 2.75) is 10.6 Å². The second kappa shape index (κ2) is 8.63. The molecular weight excluding hydrogens is 545 g/mol. The van der Waals surface area contributed by atoms with Crippen LogP contribution in [0, 0.1) is 0 Å². The lowest BCUT2D eigenvalue weighted by atomic mass is 10.2. The summed E-state index contributed by atoms with van der Waals surface area (Å²) in [5.41, 5.74) is 6.70. The molecule has 0 spiro atoms. The molecule has 5 heteroatoms. The van der Waals surface area contributed by atoms with Gasteiger partial charge in [-0.3, -0.25) is 4.57 Å². The van der Waals surface area contributed by atoms with Crippen molar-refractivity contribution in [3.8, 4) is 17.1 Å². The summed E-state index contributed by atoms with van der Waals surface area (Å²) in [5.74, 6) is 1.48. The number of thioether (sulfide) groups is 1. The van der Waals surface area contributed by atoms with Gasteiger partial charge in [0.2, 0.25) is 0 Å². The van der Waals surface area contributed by atoms with Gasteiger partial charge in [-0.1, -0.05) is 72.7 Å². The van der Waals surface area contributed by atoms with Crippen LogP contribution < -0.4 is 0 Å². The number of benzene rings is 6. The Morgan fingerprint density at radius 2 is 1.16 bits per heavy atom. The number of fused-ring (bicyclic) bond motifs is 11. The van der Waals surface area contributed by atoms with Crippen molar-refractivity contribution in [3.05, 3.63) is 139 Å². The van der Waals surface area contributed by atoms with Gasteiger partial charge in [-0.2, -0.15) is 0 Å². The Labute approximate surface area is 262 Å². The van der Waals surface area contributed by atoms with Crippen LogP contribution in [0.25, 0.3) is 71.7 Å². The van der Waals surface area contributed by atoms with Gasteiger partial charge in [-0.25, -0.2) is 4.98 Å². The van der Waals surface area contributed by atoms with Crippen molar-refractivity contribution >= 4 is 66.4 Å². The second-order valence-electron chi connectivity index (χ2n) is 10.6. The van der Waals surface area contributed by atoms with E-state index in [0.717, 1.165) is 44.2 Å². The highest BCUT2D eigenvalue weighted by atomic mass is 32.2. The second-order valence-corrected chi connectivity index (χ2v) is 11.6. The van der Waals surface area contributed by atoms with Gasteiger partial charge in [-0.05, 0) is 60.6 Å². The van der Waals surface area contributed by atoms with E-state index in [-0.39, 0.29) is 46.0 Å². The molecule has 0 saturated carbocycles. The van der Waals surface area contributed by atoms with E-state index in [0.29, 0.717) is 11.4 Å². The highest BCUT2D eigenvalue weighted by Gasteiger charge is 2.23. The van der Waals surface area contributed by atoms with Gasteiger partial charge in [-0.15, -0.1) is 11.8 Å². The van der Waals surface area contributed by atoms with Crippen LogP contribution in [-0.2, 0) is 5.75 Å². The van der Waals surface area contributed by atoms with E-state index >= 15 is 0 Å². The van der Waals surface area contributed by atoms with E-state index in [1.54, 1.807) is 16.3 Å². The molecule has 10 rings (SSSR count). The molecule has 4 nitrogen and oxygen atoms in total. The van der Waals surface area contributed by atoms with Crippen LogP contribution in [0.2, 0.25) is 0 Å². The van der Waals surface area contributed by atoms with Gasteiger partial charge in [0, 0.05) is 37.8 Å². The van der Waals surface area contributed by atoms with Gasteiger partial charge >= 0.3 is 0 Å². The van der Waals surface area contributed by atoms with Crippen LogP contribution >= 0.6 is 11.8 Å². The fourth-order valence-electron chi connectivity index (χ4n) is 6.59. The number of aromatic nitrogens is 4. The number of hydrogen-bond acceptors (Lipinski definition) is 2. The van der Waals surface area contributed by atoms with E-state index in [4.69, 9.17) is 16.0 Å². The van der Waals surface area contributed by atoms with E-state index in [1.165, 1.54) is 10.8 Å². The fraction of sp³-hybridized carbons (Fsp3) is 0.0263. The maximum absolute atomic E-state index is 8.86. The lowest BCUT2D eigenvalue weighted by Crippen LogP contribution is -2.07. The highest BCUT2D eigenvalue weighted by molar-refractivity contribution is 7.98. The first kappa shape index (κ1) is 17.0. The molecule has 3 aromatic heterocycles. The number of rotatable bonds is 2. The van der Waals surface area contributed by atoms with Crippen LogP contribution in [0.5, 0.6) is 0 Å². The Hall–Kier alpha value is -5.26. The largest absolute Gasteiger partial charge is 0.309 e. The summed E-state index contributed by atoms with van der Waals surface area (Å²) in [5, 5.41) is 2.51. The molecule has 0 atom stereocenters. The molecule has 0 N–H and O–H groups in total. The lowest BCUT2D eigenvalue weighted by Gasteiger charge is -2.20. The SMILES string of the molecule is [2H]c1c([2H])c([2H])c2c(c1[2H])c1c([2H])c([2H])c([2H])c([2H])c1n2-c1ccc2c(c1)SCc1nc3cc(-n4c5ccccc5c5ccccc54)ccc3n1-2. The van der Waals surface area contributed by atoms with E-state index in [2.05, 4.69) is 75.9 Å². The quantitative estimate of drug-likeness (QED) is 0.205. The maximum Gasteiger partial charge on any atom is 0.124 e. The molecule has 1 aliphatic heterocycles. The van der Waals surface area contributed by atoms with Crippen molar-refractivity contribution in [2.24, 2.45) is 0 Å². The van der Waals surface area contributed by atoms with Gasteiger partial charge in [0.05, 0.1) is 55.5 Å². The molecule has 6 aromatic carbocycles. The summed E-state index contributed by atoms with van der Waals surface area (Å²) in [6.45, 7) is 0. The summed E-state index contributed by atoms with van der Waals surface area (Å²) in [7, 11) is 0. The van der Waals surface area contributed by atoms with Gasteiger partial charge in [0.1, 0.15) is 5.82 Å². The molecule has 4 heterocycles. The molecule has 0 amide bonds. The van der Waals surface area contributed by atoms with E-state index in [1.807, 2.05) is 18.2 Å². The number of imidazole rings is 1. The van der Waals surface area contributed by atoms with Crippen molar-refractivity contribution in [1.82, 2.24) is 18.7 Å². The molecule has 1 aliphatic rings. The maximum atomic E-state index is 8.86. The van der Waals surface area contributed by atoms with Crippen molar-refractivity contribution in [1.29, 1.82) is 0 Å². The summed E-state index contributed by atoms with van der Waals surface area (Å²) >= 11 is 1.60. The highest BCUT2D eigenvalue weighted by Crippen LogP contribution is 2.41. The molecular formula is C38H24N4S. The number of para-hydroxylation sites is 4. The van der Waals surface area contributed by atoms with E-state index < -0.39 is 24.2 Å². The third-order valence-electron chi connectivity index (χ3n) is 8.38. The molecule has 202 valence electrons. The molecule has 9 aromatic rings. The van der Waals surface area contributed by atoms with Gasteiger partial charge in [0.25, 0.3) is 0 Å². The average molecular weight is 577 g/mol. The Kier molecular flexibility index (Phi) is 3.41. The molecule has 43 heavy (non-hydrogen) atoms. The van der Waals surface area contributed by atoms with Gasteiger partial charge < -0.3 is 9.13 Å². The number of hydrogen-bond donors (Lipinski definition) is 0. The smallest absolute Gasteiger partial charge is 0.124 e.